The van der Waals surface area contributed by atoms with E-state index in [1.165, 1.54) is 38.5 Å². The molecule has 2 aliphatic heterocycles. The van der Waals surface area contributed by atoms with Gasteiger partial charge >= 0.3 is 0 Å². The highest BCUT2D eigenvalue weighted by molar-refractivity contribution is 5.89. The van der Waals surface area contributed by atoms with Crippen LogP contribution in [0.5, 0.6) is 0 Å². The lowest BCUT2D eigenvalue weighted by atomic mass is 9.77. The SMILES string of the molecule is CC(C)(C(=O)C1CCOC2(CCCC2)C1)N1CCCC1. The maximum Gasteiger partial charge on any atom is 0.155 e. The van der Waals surface area contributed by atoms with E-state index in [1.54, 1.807) is 0 Å². The van der Waals surface area contributed by atoms with Crippen molar-refractivity contribution in [2.45, 2.75) is 76.4 Å². The minimum absolute atomic E-state index is 0.0552. The van der Waals surface area contributed by atoms with Crippen LogP contribution in [0.1, 0.15) is 65.2 Å². The maximum absolute atomic E-state index is 13.0. The van der Waals surface area contributed by atoms with E-state index in [2.05, 4.69) is 18.7 Å². The molecule has 114 valence electrons. The number of Topliss-reactive ketones (excluding diaryl/α,β-unsaturated/α-hetero) is 1. The van der Waals surface area contributed by atoms with Gasteiger partial charge in [0.25, 0.3) is 0 Å². The molecule has 2 heterocycles. The molecule has 2 saturated heterocycles. The van der Waals surface area contributed by atoms with Crippen LogP contribution in [-0.2, 0) is 9.53 Å². The largest absolute Gasteiger partial charge is 0.375 e. The van der Waals surface area contributed by atoms with Gasteiger partial charge in [-0.05, 0) is 65.5 Å². The third-order valence-corrected chi connectivity index (χ3v) is 5.88. The second-order valence-corrected chi connectivity index (χ2v) is 7.55. The van der Waals surface area contributed by atoms with E-state index in [0.29, 0.717) is 5.78 Å². The van der Waals surface area contributed by atoms with Crippen molar-refractivity contribution in [1.29, 1.82) is 0 Å². The molecule has 0 bridgehead atoms. The summed E-state index contributed by atoms with van der Waals surface area (Å²) in [6, 6.07) is 0. The first-order valence-corrected chi connectivity index (χ1v) is 8.47. The molecule has 0 amide bonds. The van der Waals surface area contributed by atoms with Gasteiger partial charge in [0.05, 0.1) is 11.1 Å². The summed E-state index contributed by atoms with van der Waals surface area (Å²) in [5.41, 5.74) is -0.224. The van der Waals surface area contributed by atoms with Crippen molar-refractivity contribution in [2.24, 2.45) is 5.92 Å². The summed E-state index contributed by atoms with van der Waals surface area (Å²) in [6.45, 7) is 7.24. The van der Waals surface area contributed by atoms with Gasteiger partial charge in [0.1, 0.15) is 0 Å². The number of hydrogen-bond acceptors (Lipinski definition) is 3. The highest BCUT2D eigenvalue weighted by Crippen LogP contribution is 2.43. The second kappa shape index (κ2) is 5.42. The van der Waals surface area contributed by atoms with Crippen LogP contribution >= 0.6 is 0 Å². The zero-order valence-corrected chi connectivity index (χ0v) is 13.1. The minimum Gasteiger partial charge on any atom is -0.375 e. The monoisotopic (exact) mass is 279 g/mol. The summed E-state index contributed by atoms with van der Waals surface area (Å²) in [4.78, 5) is 15.4. The van der Waals surface area contributed by atoms with E-state index in [4.69, 9.17) is 4.74 Å². The number of carbonyl (C=O) groups is 1. The van der Waals surface area contributed by atoms with Crippen molar-refractivity contribution >= 4 is 5.78 Å². The Balaban J connectivity index is 1.69. The molecule has 0 aromatic rings. The topological polar surface area (TPSA) is 29.5 Å². The van der Waals surface area contributed by atoms with E-state index >= 15 is 0 Å². The van der Waals surface area contributed by atoms with Crippen LogP contribution in [-0.4, -0.2) is 41.5 Å². The fraction of sp³-hybridized carbons (Fsp3) is 0.941. The number of likely N-dealkylation sites (tertiary alicyclic amines) is 1. The van der Waals surface area contributed by atoms with Crippen LogP contribution in [0.25, 0.3) is 0 Å². The lowest BCUT2D eigenvalue weighted by Crippen LogP contribution is -2.53. The predicted octanol–water partition coefficient (Wildman–Crippen LogP) is 3.17. The van der Waals surface area contributed by atoms with Crippen molar-refractivity contribution in [3.63, 3.8) is 0 Å². The molecule has 1 spiro atoms. The third-order valence-electron chi connectivity index (χ3n) is 5.88. The Morgan fingerprint density at radius 2 is 1.80 bits per heavy atom. The van der Waals surface area contributed by atoms with Gasteiger partial charge in [-0.1, -0.05) is 12.8 Å². The summed E-state index contributed by atoms with van der Waals surface area (Å²) >= 11 is 0. The third kappa shape index (κ3) is 2.55. The Bertz CT molecular complexity index is 365. The molecule has 0 aromatic carbocycles. The summed E-state index contributed by atoms with van der Waals surface area (Å²) in [6.07, 6.45) is 9.28. The van der Waals surface area contributed by atoms with Gasteiger partial charge in [-0.3, -0.25) is 9.69 Å². The van der Waals surface area contributed by atoms with E-state index in [-0.39, 0.29) is 17.1 Å². The summed E-state index contributed by atoms with van der Waals surface area (Å²) in [7, 11) is 0. The fourth-order valence-corrected chi connectivity index (χ4v) is 4.55. The highest BCUT2D eigenvalue weighted by Gasteiger charge is 2.46. The molecule has 1 saturated carbocycles. The number of carbonyl (C=O) groups excluding carboxylic acids is 1. The van der Waals surface area contributed by atoms with Crippen molar-refractivity contribution in [2.75, 3.05) is 19.7 Å². The first kappa shape index (κ1) is 14.5. The van der Waals surface area contributed by atoms with Crippen LogP contribution in [0.15, 0.2) is 0 Å². The van der Waals surface area contributed by atoms with Crippen molar-refractivity contribution < 1.29 is 9.53 Å². The average Bonchev–Trinajstić information content (AvgIpc) is 3.10. The first-order chi connectivity index (χ1) is 9.54. The van der Waals surface area contributed by atoms with Gasteiger partial charge in [0.2, 0.25) is 0 Å². The van der Waals surface area contributed by atoms with Gasteiger partial charge in [0, 0.05) is 12.5 Å². The van der Waals surface area contributed by atoms with E-state index in [9.17, 15) is 4.79 Å². The van der Waals surface area contributed by atoms with Gasteiger partial charge in [-0.15, -0.1) is 0 Å². The van der Waals surface area contributed by atoms with Gasteiger partial charge < -0.3 is 4.74 Å². The van der Waals surface area contributed by atoms with Crippen LogP contribution in [0.3, 0.4) is 0 Å². The molecule has 0 radical (unpaired) electrons. The molecular formula is C17H29NO2. The molecule has 1 atom stereocenters. The molecule has 20 heavy (non-hydrogen) atoms. The molecule has 1 unspecified atom stereocenters. The quantitative estimate of drug-likeness (QED) is 0.794. The molecule has 0 aromatic heterocycles. The number of rotatable bonds is 3. The Kier molecular flexibility index (Phi) is 3.93. The molecule has 3 rings (SSSR count). The predicted molar refractivity (Wildman–Crippen MR) is 79.8 cm³/mol. The minimum atomic E-state index is -0.279. The normalized spacial score (nSPS) is 31.0. The summed E-state index contributed by atoms with van der Waals surface area (Å²) in [5.74, 6) is 0.687. The molecule has 3 aliphatic rings. The summed E-state index contributed by atoms with van der Waals surface area (Å²) < 4.78 is 6.08. The number of ketones is 1. The Labute approximate surface area is 123 Å². The zero-order chi connectivity index (χ0) is 14.2. The van der Waals surface area contributed by atoms with Crippen molar-refractivity contribution in [3.8, 4) is 0 Å². The average molecular weight is 279 g/mol. The number of hydrogen-bond donors (Lipinski definition) is 0. The van der Waals surface area contributed by atoms with Crippen LogP contribution < -0.4 is 0 Å². The van der Waals surface area contributed by atoms with Crippen molar-refractivity contribution in [3.05, 3.63) is 0 Å². The van der Waals surface area contributed by atoms with Crippen LogP contribution in [0.2, 0.25) is 0 Å². The smallest absolute Gasteiger partial charge is 0.155 e. The Hall–Kier alpha value is -0.410. The second-order valence-electron chi connectivity index (χ2n) is 7.55. The van der Waals surface area contributed by atoms with Crippen molar-refractivity contribution in [1.82, 2.24) is 4.90 Å². The maximum atomic E-state index is 13.0. The van der Waals surface area contributed by atoms with Gasteiger partial charge in [-0.25, -0.2) is 0 Å². The first-order valence-electron chi connectivity index (χ1n) is 8.47. The van der Waals surface area contributed by atoms with Crippen LogP contribution in [0, 0.1) is 5.92 Å². The lowest BCUT2D eigenvalue weighted by molar-refractivity contribution is -0.145. The number of ether oxygens (including phenoxy) is 1. The van der Waals surface area contributed by atoms with E-state index in [1.807, 2.05) is 0 Å². The molecule has 3 nitrogen and oxygen atoms in total. The fourth-order valence-electron chi connectivity index (χ4n) is 4.55. The zero-order valence-electron chi connectivity index (χ0n) is 13.1. The summed E-state index contributed by atoms with van der Waals surface area (Å²) in [5, 5.41) is 0. The molecule has 3 heteroatoms. The van der Waals surface area contributed by atoms with E-state index in [0.717, 1.165) is 32.5 Å². The standard InChI is InChI=1S/C17H29NO2/c1-16(2,18-10-5-6-11-18)15(19)14-7-12-20-17(13-14)8-3-4-9-17/h14H,3-13H2,1-2H3. The Morgan fingerprint density at radius 1 is 1.15 bits per heavy atom. The van der Waals surface area contributed by atoms with Gasteiger partial charge in [-0.2, -0.15) is 0 Å². The molecule has 3 fully saturated rings. The van der Waals surface area contributed by atoms with E-state index < -0.39 is 0 Å². The Morgan fingerprint density at radius 3 is 2.45 bits per heavy atom. The molecular weight excluding hydrogens is 250 g/mol. The molecule has 0 N–H and O–H groups in total. The van der Waals surface area contributed by atoms with Crippen LogP contribution in [0.4, 0.5) is 0 Å². The van der Waals surface area contributed by atoms with Gasteiger partial charge in [0.15, 0.2) is 5.78 Å². The highest BCUT2D eigenvalue weighted by atomic mass is 16.5. The number of nitrogens with zero attached hydrogens (tertiary/aromatic N) is 1. The lowest BCUT2D eigenvalue weighted by Gasteiger charge is -2.42. The molecule has 1 aliphatic carbocycles.